The van der Waals surface area contributed by atoms with Crippen molar-refractivity contribution in [1.82, 2.24) is 10.3 Å². The van der Waals surface area contributed by atoms with Crippen LogP contribution in [0.1, 0.15) is 10.4 Å². The van der Waals surface area contributed by atoms with Crippen LogP contribution in [0.15, 0.2) is 36.5 Å². The van der Waals surface area contributed by atoms with Crippen LogP contribution in [0.5, 0.6) is 0 Å². The largest absolute Gasteiger partial charge is 0.394 e. The van der Waals surface area contributed by atoms with Gasteiger partial charge in [0.1, 0.15) is 0 Å². The molecule has 0 fully saturated rings. The van der Waals surface area contributed by atoms with Crippen LogP contribution < -0.4 is 5.32 Å². The molecule has 1 unspecified atom stereocenters. The topological polar surface area (TPSA) is 82.5 Å². The standard InChI is InChI=1S/C13H14N2O3/c16-8-11(17)7-15-13(18)10-3-4-12-9(6-10)2-1-5-14-12/h1-6,11,16-17H,7-8H2,(H,15,18). The molecule has 0 aliphatic rings. The van der Waals surface area contributed by atoms with Gasteiger partial charge in [0.05, 0.1) is 18.2 Å². The highest BCUT2D eigenvalue weighted by Crippen LogP contribution is 2.13. The Kier molecular flexibility index (Phi) is 3.86. The third-order valence-electron chi connectivity index (χ3n) is 2.57. The van der Waals surface area contributed by atoms with Gasteiger partial charge in [-0.25, -0.2) is 0 Å². The van der Waals surface area contributed by atoms with Gasteiger partial charge in [0.15, 0.2) is 0 Å². The smallest absolute Gasteiger partial charge is 0.251 e. The molecule has 2 rings (SSSR count). The lowest BCUT2D eigenvalue weighted by Gasteiger charge is -2.09. The van der Waals surface area contributed by atoms with Crippen molar-refractivity contribution < 1.29 is 15.0 Å². The lowest BCUT2D eigenvalue weighted by atomic mass is 10.1. The summed E-state index contributed by atoms with van der Waals surface area (Å²) in [5.74, 6) is -0.284. The maximum Gasteiger partial charge on any atom is 0.251 e. The zero-order valence-electron chi connectivity index (χ0n) is 9.71. The van der Waals surface area contributed by atoms with Gasteiger partial charge in [-0.05, 0) is 24.3 Å². The summed E-state index contributed by atoms with van der Waals surface area (Å²) < 4.78 is 0. The van der Waals surface area contributed by atoms with Crippen molar-refractivity contribution in [2.45, 2.75) is 6.10 Å². The Bertz CT molecular complexity index is 557. The summed E-state index contributed by atoms with van der Waals surface area (Å²) in [5.41, 5.74) is 1.32. The van der Waals surface area contributed by atoms with Crippen molar-refractivity contribution in [3.8, 4) is 0 Å². The van der Waals surface area contributed by atoms with Crippen LogP contribution in [0, 0.1) is 0 Å². The number of carbonyl (C=O) groups excluding carboxylic acids is 1. The molecule has 0 saturated carbocycles. The summed E-state index contributed by atoms with van der Waals surface area (Å²) in [6.07, 6.45) is 0.760. The second-order valence-corrected chi connectivity index (χ2v) is 3.96. The van der Waals surface area contributed by atoms with Crippen molar-refractivity contribution in [1.29, 1.82) is 0 Å². The zero-order chi connectivity index (χ0) is 13.0. The normalized spacial score (nSPS) is 12.3. The van der Waals surface area contributed by atoms with Crippen LogP contribution in [0.25, 0.3) is 10.9 Å². The fourth-order valence-corrected chi connectivity index (χ4v) is 1.59. The number of nitrogens with one attached hydrogen (secondary N) is 1. The first kappa shape index (κ1) is 12.5. The summed E-state index contributed by atoms with van der Waals surface area (Å²) in [6, 6.07) is 8.87. The number of hydrogen-bond acceptors (Lipinski definition) is 4. The minimum absolute atomic E-state index is 0.0282. The number of aliphatic hydroxyl groups excluding tert-OH is 2. The first-order valence-corrected chi connectivity index (χ1v) is 5.62. The SMILES string of the molecule is O=C(NCC(O)CO)c1ccc2ncccc2c1. The molecule has 5 heteroatoms. The predicted molar refractivity (Wildman–Crippen MR) is 67.2 cm³/mol. The molecule has 3 N–H and O–H groups in total. The molecule has 5 nitrogen and oxygen atoms in total. The molecule has 0 bridgehead atoms. The highest BCUT2D eigenvalue weighted by Gasteiger charge is 2.08. The quantitative estimate of drug-likeness (QED) is 0.725. The van der Waals surface area contributed by atoms with Crippen LogP contribution >= 0.6 is 0 Å². The van der Waals surface area contributed by atoms with Gasteiger partial charge >= 0.3 is 0 Å². The lowest BCUT2D eigenvalue weighted by molar-refractivity contribution is 0.0802. The third-order valence-corrected chi connectivity index (χ3v) is 2.57. The summed E-state index contributed by atoms with van der Waals surface area (Å²) in [5, 5.41) is 21.2. The fraction of sp³-hybridized carbons (Fsp3) is 0.231. The monoisotopic (exact) mass is 246 g/mol. The minimum atomic E-state index is -0.934. The molecule has 0 radical (unpaired) electrons. The summed E-state index contributed by atoms with van der Waals surface area (Å²) in [4.78, 5) is 15.9. The van der Waals surface area contributed by atoms with E-state index in [1.807, 2.05) is 6.07 Å². The molecule has 0 spiro atoms. The van der Waals surface area contributed by atoms with E-state index in [4.69, 9.17) is 10.2 Å². The second kappa shape index (κ2) is 5.57. The molecule has 1 aromatic carbocycles. The van der Waals surface area contributed by atoms with Crippen LogP contribution in [0.4, 0.5) is 0 Å². The maximum absolute atomic E-state index is 11.8. The van der Waals surface area contributed by atoms with E-state index in [0.29, 0.717) is 5.56 Å². The maximum atomic E-state index is 11.8. The molecule has 18 heavy (non-hydrogen) atoms. The lowest BCUT2D eigenvalue weighted by Crippen LogP contribution is -2.33. The van der Waals surface area contributed by atoms with Gasteiger partial charge in [-0.15, -0.1) is 0 Å². The Morgan fingerprint density at radius 1 is 1.39 bits per heavy atom. The van der Waals surface area contributed by atoms with E-state index in [-0.39, 0.29) is 19.1 Å². The number of rotatable bonds is 4. The first-order valence-electron chi connectivity index (χ1n) is 5.62. The number of aliphatic hydroxyl groups is 2. The second-order valence-electron chi connectivity index (χ2n) is 3.96. The molecule has 0 saturated heterocycles. The van der Waals surface area contributed by atoms with Gasteiger partial charge in [-0.3, -0.25) is 9.78 Å². The molecule has 0 aliphatic heterocycles. The molecule has 1 amide bonds. The van der Waals surface area contributed by atoms with E-state index >= 15 is 0 Å². The number of pyridine rings is 1. The Morgan fingerprint density at radius 3 is 3.00 bits per heavy atom. The molecule has 94 valence electrons. The average molecular weight is 246 g/mol. The number of carbonyl (C=O) groups is 1. The Hall–Kier alpha value is -1.98. The van der Waals surface area contributed by atoms with Crippen molar-refractivity contribution in [2.24, 2.45) is 0 Å². The number of benzene rings is 1. The zero-order valence-corrected chi connectivity index (χ0v) is 9.71. The van der Waals surface area contributed by atoms with Crippen LogP contribution in [0.3, 0.4) is 0 Å². The highest BCUT2D eigenvalue weighted by atomic mass is 16.3. The number of aromatic nitrogens is 1. The Balaban J connectivity index is 2.13. The van der Waals surface area contributed by atoms with Gasteiger partial charge in [0, 0.05) is 23.7 Å². The van der Waals surface area contributed by atoms with Crippen molar-refractivity contribution in [3.63, 3.8) is 0 Å². The van der Waals surface area contributed by atoms with Crippen molar-refractivity contribution in [2.75, 3.05) is 13.2 Å². The van der Waals surface area contributed by atoms with Gasteiger partial charge in [-0.1, -0.05) is 6.07 Å². The average Bonchev–Trinajstić information content (AvgIpc) is 2.43. The molecular weight excluding hydrogens is 232 g/mol. The summed E-state index contributed by atoms with van der Waals surface area (Å²) in [7, 11) is 0. The van der Waals surface area contributed by atoms with Gasteiger partial charge in [0.25, 0.3) is 5.91 Å². The van der Waals surface area contributed by atoms with Crippen LogP contribution in [0.2, 0.25) is 0 Å². The Morgan fingerprint density at radius 2 is 2.22 bits per heavy atom. The van der Waals surface area contributed by atoms with E-state index in [1.165, 1.54) is 0 Å². The Labute approximate surface area is 104 Å². The summed E-state index contributed by atoms with van der Waals surface area (Å²) >= 11 is 0. The molecule has 2 aromatic rings. The number of amides is 1. The van der Waals surface area contributed by atoms with Crippen LogP contribution in [-0.4, -0.2) is 40.4 Å². The van der Waals surface area contributed by atoms with Gasteiger partial charge in [0.2, 0.25) is 0 Å². The molecule has 1 atom stereocenters. The van der Waals surface area contributed by atoms with Gasteiger partial charge in [-0.2, -0.15) is 0 Å². The number of nitrogens with zero attached hydrogens (tertiary/aromatic N) is 1. The minimum Gasteiger partial charge on any atom is -0.394 e. The molecular formula is C13H14N2O3. The van der Waals surface area contributed by atoms with Gasteiger partial charge < -0.3 is 15.5 Å². The van der Waals surface area contributed by atoms with E-state index < -0.39 is 6.10 Å². The van der Waals surface area contributed by atoms with E-state index in [1.54, 1.807) is 30.5 Å². The van der Waals surface area contributed by atoms with E-state index in [2.05, 4.69) is 10.3 Å². The van der Waals surface area contributed by atoms with Crippen molar-refractivity contribution in [3.05, 3.63) is 42.1 Å². The van der Waals surface area contributed by atoms with E-state index in [0.717, 1.165) is 10.9 Å². The number of fused-ring (bicyclic) bond motifs is 1. The van der Waals surface area contributed by atoms with Crippen LogP contribution in [-0.2, 0) is 0 Å². The molecule has 1 heterocycles. The van der Waals surface area contributed by atoms with E-state index in [9.17, 15) is 4.79 Å². The first-order chi connectivity index (χ1) is 8.70. The third kappa shape index (κ3) is 2.82. The number of hydrogen-bond donors (Lipinski definition) is 3. The fourth-order valence-electron chi connectivity index (χ4n) is 1.59. The highest BCUT2D eigenvalue weighted by molar-refractivity contribution is 5.97. The van der Waals surface area contributed by atoms with Crippen molar-refractivity contribution >= 4 is 16.8 Å². The summed E-state index contributed by atoms with van der Waals surface area (Å²) in [6.45, 7) is -0.345. The molecule has 1 aromatic heterocycles. The molecule has 0 aliphatic carbocycles. The predicted octanol–water partition coefficient (Wildman–Crippen LogP) is 0.318.